The van der Waals surface area contributed by atoms with Crippen LogP contribution in [0.3, 0.4) is 0 Å². The molecule has 1 aromatic heterocycles. The summed E-state index contributed by atoms with van der Waals surface area (Å²) in [6.07, 6.45) is 6.10. The molecule has 1 atom stereocenters. The highest BCUT2D eigenvalue weighted by atomic mass is 15.2. The van der Waals surface area contributed by atoms with Crippen LogP contribution in [-0.2, 0) is 6.54 Å². The zero-order valence-corrected chi connectivity index (χ0v) is 12.8. The minimum absolute atomic E-state index is 0.559. The second-order valence-corrected chi connectivity index (χ2v) is 6.25. The lowest BCUT2D eigenvalue weighted by molar-refractivity contribution is 0.141. The number of H-pyrrole nitrogens is 1. The van der Waals surface area contributed by atoms with E-state index in [2.05, 4.69) is 70.7 Å². The molecular formula is C20H22N2. The van der Waals surface area contributed by atoms with E-state index in [9.17, 15) is 0 Å². The van der Waals surface area contributed by atoms with Crippen molar-refractivity contribution >= 4 is 10.9 Å². The Kier molecular flexibility index (Phi) is 3.69. The van der Waals surface area contributed by atoms with Gasteiger partial charge in [-0.25, -0.2) is 0 Å². The van der Waals surface area contributed by atoms with Crippen molar-refractivity contribution in [3.63, 3.8) is 0 Å². The van der Waals surface area contributed by atoms with Gasteiger partial charge in [-0.1, -0.05) is 55.0 Å². The van der Waals surface area contributed by atoms with Crippen molar-refractivity contribution in [3.8, 4) is 0 Å². The van der Waals surface area contributed by atoms with E-state index in [0.717, 1.165) is 6.54 Å². The molecule has 4 rings (SSSR count). The maximum absolute atomic E-state index is 3.41. The Morgan fingerprint density at radius 1 is 0.955 bits per heavy atom. The first-order chi connectivity index (χ1) is 10.9. The SMILES string of the molecule is c1ccc(C2CCCCN2Cc2c[nH]c3ccccc23)cc1. The molecule has 1 N–H and O–H groups in total. The van der Waals surface area contributed by atoms with Crippen LogP contribution in [0.5, 0.6) is 0 Å². The standard InChI is InChI=1S/C20H22N2/c1-2-8-16(9-3-1)20-12-6-7-13-22(20)15-17-14-21-19-11-5-4-10-18(17)19/h1-5,8-11,14,20-21H,6-7,12-13,15H2. The number of fused-ring (bicyclic) bond motifs is 1. The topological polar surface area (TPSA) is 19.0 Å². The van der Waals surface area contributed by atoms with E-state index in [0.29, 0.717) is 6.04 Å². The summed E-state index contributed by atoms with van der Waals surface area (Å²) in [5.74, 6) is 0. The zero-order valence-electron chi connectivity index (χ0n) is 12.8. The normalized spacial score (nSPS) is 19.5. The van der Waals surface area contributed by atoms with E-state index in [1.54, 1.807) is 0 Å². The first-order valence-corrected chi connectivity index (χ1v) is 8.26. The van der Waals surface area contributed by atoms with Gasteiger partial charge in [0.15, 0.2) is 0 Å². The van der Waals surface area contributed by atoms with Crippen molar-refractivity contribution in [1.29, 1.82) is 0 Å². The summed E-state index contributed by atoms with van der Waals surface area (Å²) in [5.41, 5.74) is 4.12. The third-order valence-corrected chi connectivity index (χ3v) is 4.85. The van der Waals surface area contributed by atoms with Gasteiger partial charge in [-0.2, -0.15) is 0 Å². The lowest BCUT2D eigenvalue weighted by Crippen LogP contribution is -2.32. The Balaban J connectivity index is 1.62. The number of aromatic nitrogens is 1. The third-order valence-electron chi connectivity index (χ3n) is 4.85. The number of para-hydroxylation sites is 1. The molecule has 3 aromatic rings. The Hall–Kier alpha value is -2.06. The van der Waals surface area contributed by atoms with Crippen LogP contribution in [0.15, 0.2) is 60.8 Å². The van der Waals surface area contributed by atoms with Crippen LogP contribution in [0.2, 0.25) is 0 Å². The number of aromatic amines is 1. The smallest absolute Gasteiger partial charge is 0.0457 e. The molecule has 0 amide bonds. The van der Waals surface area contributed by atoms with E-state index in [1.165, 1.54) is 47.8 Å². The number of benzene rings is 2. The van der Waals surface area contributed by atoms with Crippen molar-refractivity contribution < 1.29 is 0 Å². The van der Waals surface area contributed by atoms with Gasteiger partial charge in [0.25, 0.3) is 0 Å². The monoisotopic (exact) mass is 290 g/mol. The van der Waals surface area contributed by atoms with E-state index >= 15 is 0 Å². The molecule has 1 saturated heterocycles. The predicted octanol–water partition coefficient (Wildman–Crippen LogP) is 4.90. The first kappa shape index (κ1) is 13.6. The molecule has 0 saturated carbocycles. The van der Waals surface area contributed by atoms with Gasteiger partial charge >= 0.3 is 0 Å². The van der Waals surface area contributed by atoms with Crippen LogP contribution in [-0.4, -0.2) is 16.4 Å². The summed E-state index contributed by atoms with van der Waals surface area (Å²) >= 11 is 0. The van der Waals surface area contributed by atoms with Crippen LogP contribution >= 0.6 is 0 Å². The van der Waals surface area contributed by atoms with Crippen molar-refractivity contribution in [2.45, 2.75) is 31.8 Å². The highest BCUT2D eigenvalue weighted by Crippen LogP contribution is 2.33. The average molecular weight is 290 g/mol. The minimum atomic E-state index is 0.559. The number of piperidine rings is 1. The summed E-state index contributed by atoms with van der Waals surface area (Å²) in [7, 11) is 0. The largest absolute Gasteiger partial charge is 0.361 e. The van der Waals surface area contributed by atoms with Crippen LogP contribution in [0.25, 0.3) is 10.9 Å². The average Bonchev–Trinajstić information content (AvgIpc) is 2.99. The van der Waals surface area contributed by atoms with E-state index in [1.807, 2.05) is 0 Å². The summed E-state index contributed by atoms with van der Waals surface area (Å²) in [6, 6.07) is 20.1. The van der Waals surface area contributed by atoms with Gasteiger partial charge in [-0.15, -0.1) is 0 Å². The molecule has 1 fully saturated rings. The van der Waals surface area contributed by atoms with Crippen molar-refractivity contribution in [2.75, 3.05) is 6.54 Å². The number of nitrogens with one attached hydrogen (secondary N) is 1. The van der Waals surface area contributed by atoms with Crippen molar-refractivity contribution in [2.24, 2.45) is 0 Å². The van der Waals surface area contributed by atoms with Gasteiger partial charge in [-0.3, -0.25) is 4.90 Å². The molecular weight excluding hydrogens is 268 g/mol. The van der Waals surface area contributed by atoms with Gasteiger partial charge in [0.2, 0.25) is 0 Å². The van der Waals surface area contributed by atoms with Gasteiger partial charge < -0.3 is 4.98 Å². The fourth-order valence-electron chi connectivity index (χ4n) is 3.71. The molecule has 2 heterocycles. The minimum Gasteiger partial charge on any atom is -0.361 e. The fourth-order valence-corrected chi connectivity index (χ4v) is 3.71. The maximum Gasteiger partial charge on any atom is 0.0457 e. The number of hydrogen-bond acceptors (Lipinski definition) is 1. The zero-order chi connectivity index (χ0) is 14.8. The van der Waals surface area contributed by atoms with Crippen molar-refractivity contribution in [1.82, 2.24) is 9.88 Å². The van der Waals surface area contributed by atoms with Crippen LogP contribution in [0.4, 0.5) is 0 Å². The molecule has 1 unspecified atom stereocenters. The second kappa shape index (κ2) is 5.98. The molecule has 2 aromatic carbocycles. The van der Waals surface area contributed by atoms with Gasteiger partial charge in [0.1, 0.15) is 0 Å². The molecule has 112 valence electrons. The van der Waals surface area contributed by atoms with Crippen LogP contribution in [0, 0.1) is 0 Å². The molecule has 2 nitrogen and oxygen atoms in total. The molecule has 0 spiro atoms. The first-order valence-electron chi connectivity index (χ1n) is 8.26. The highest BCUT2D eigenvalue weighted by molar-refractivity contribution is 5.82. The van der Waals surface area contributed by atoms with Crippen LogP contribution < -0.4 is 0 Å². The number of nitrogens with zero attached hydrogens (tertiary/aromatic N) is 1. The molecule has 2 heteroatoms. The lowest BCUT2D eigenvalue weighted by Gasteiger charge is -2.36. The Bertz CT molecular complexity index is 745. The summed E-state index contributed by atoms with van der Waals surface area (Å²) in [5, 5.41) is 1.36. The predicted molar refractivity (Wildman–Crippen MR) is 91.7 cm³/mol. The fraction of sp³-hybridized carbons (Fsp3) is 0.300. The number of hydrogen-bond donors (Lipinski definition) is 1. The number of rotatable bonds is 3. The molecule has 0 aliphatic carbocycles. The summed E-state index contributed by atoms with van der Waals surface area (Å²) < 4.78 is 0. The maximum atomic E-state index is 3.41. The molecule has 1 aliphatic heterocycles. The van der Waals surface area contributed by atoms with Crippen molar-refractivity contribution in [3.05, 3.63) is 71.9 Å². The number of likely N-dealkylation sites (tertiary alicyclic amines) is 1. The Labute approximate surface area is 131 Å². The molecule has 1 aliphatic rings. The van der Waals surface area contributed by atoms with Gasteiger partial charge in [-0.05, 0) is 36.6 Å². The molecule has 22 heavy (non-hydrogen) atoms. The summed E-state index contributed by atoms with van der Waals surface area (Å²) in [6.45, 7) is 2.22. The second-order valence-electron chi connectivity index (χ2n) is 6.25. The quantitative estimate of drug-likeness (QED) is 0.727. The summed E-state index contributed by atoms with van der Waals surface area (Å²) in [4.78, 5) is 6.05. The highest BCUT2D eigenvalue weighted by Gasteiger charge is 2.24. The van der Waals surface area contributed by atoms with Gasteiger partial charge in [0, 0.05) is 29.7 Å². The Morgan fingerprint density at radius 3 is 2.68 bits per heavy atom. The van der Waals surface area contributed by atoms with Gasteiger partial charge in [0.05, 0.1) is 0 Å². The molecule has 0 bridgehead atoms. The lowest BCUT2D eigenvalue weighted by atomic mass is 9.94. The van der Waals surface area contributed by atoms with E-state index in [-0.39, 0.29) is 0 Å². The van der Waals surface area contributed by atoms with E-state index in [4.69, 9.17) is 0 Å². The van der Waals surface area contributed by atoms with Crippen LogP contribution in [0.1, 0.15) is 36.4 Å². The van der Waals surface area contributed by atoms with E-state index < -0.39 is 0 Å². The molecule has 0 radical (unpaired) electrons. The third kappa shape index (κ3) is 2.55. The Morgan fingerprint density at radius 2 is 1.77 bits per heavy atom.